The predicted octanol–water partition coefficient (Wildman–Crippen LogP) is 3.38. The van der Waals surface area contributed by atoms with Gasteiger partial charge in [-0.25, -0.2) is 0 Å². The molecule has 0 N–H and O–H groups in total. The summed E-state index contributed by atoms with van der Waals surface area (Å²) in [6.45, 7) is 6.36. The molecule has 0 aromatic heterocycles. The molecular formula is C10H22O. The molecule has 0 bridgehead atoms. The molecule has 68 valence electrons. The normalized spacial score (nSPS) is 10.4. The number of rotatable bonds is 8. The van der Waals surface area contributed by atoms with Crippen molar-refractivity contribution >= 4 is 0 Å². The molecule has 0 aromatic carbocycles. The molecule has 0 aliphatic rings. The summed E-state index contributed by atoms with van der Waals surface area (Å²) in [6, 6.07) is 0. The summed E-state index contributed by atoms with van der Waals surface area (Å²) in [7, 11) is 0. The first-order valence-electron chi connectivity index (χ1n) is 4.99. The Kier molecular flexibility index (Phi) is 9.92. The molecule has 0 amide bonds. The van der Waals surface area contributed by atoms with E-state index in [1.54, 1.807) is 0 Å². The van der Waals surface area contributed by atoms with Crippen LogP contribution in [0.15, 0.2) is 0 Å². The Labute approximate surface area is 71.1 Å². The fourth-order valence-corrected chi connectivity index (χ4v) is 0.979. The summed E-state index contributed by atoms with van der Waals surface area (Å²) in [4.78, 5) is 0. The summed E-state index contributed by atoms with van der Waals surface area (Å²) in [5.74, 6) is 0. The SMILES string of the molecule is CCCCCCOCCCC. The van der Waals surface area contributed by atoms with Gasteiger partial charge in [0.1, 0.15) is 0 Å². The van der Waals surface area contributed by atoms with E-state index in [-0.39, 0.29) is 0 Å². The van der Waals surface area contributed by atoms with E-state index in [1.165, 1.54) is 38.5 Å². The van der Waals surface area contributed by atoms with Crippen LogP contribution in [0.25, 0.3) is 0 Å². The number of ether oxygens (including phenoxy) is 1. The van der Waals surface area contributed by atoms with E-state index in [9.17, 15) is 0 Å². The van der Waals surface area contributed by atoms with Crippen LogP contribution < -0.4 is 0 Å². The maximum Gasteiger partial charge on any atom is 0.0466 e. The van der Waals surface area contributed by atoms with Gasteiger partial charge in [0.25, 0.3) is 0 Å². The standard InChI is InChI=1S/C10H22O/c1-3-5-7-8-10-11-9-6-4-2/h3-10H2,1-2H3. The van der Waals surface area contributed by atoms with Gasteiger partial charge in [-0.15, -0.1) is 0 Å². The van der Waals surface area contributed by atoms with Gasteiger partial charge in [0, 0.05) is 13.2 Å². The lowest BCUT2D eigenvalue weighted by atomic mass is 10.2. The topological polar surface area (TPSA) is 9.23 Å². The van der Waals surface area contributed by atoms with E-state index in [0.29, 0.717) is 0 Å². The van der Waals surface area contributed by atoms with Crippen molar-refractivity contribution in [2.24, 2.45) is 0 Å². The van der Waals surface area contributed by atoms with E-state index in [4.69, 9.17) is 4.74 Å². The molecule has 0 unspecified atom stereocenters. The van der Waals surface area contributed by atoms with Crippen molar-refractivity contribution in [3.63, 3.8) is 0 Å². The molecule has 0 fully saturated rings. The third-order valence-corrected chi connectivity index (χ3v) is 1.78. The lowest BCUT2D eigenvalue weighted by Crippen LogP contribution is -1.96. The van der Waals surface area contributed by atoms with Crippen LogP contribution in [-0.4, -0.2) is 13.2 Å². The van der Waals surface area contributed by atoms with E-state index in [2.05, 4.69) is 13.8 Å². The first-order chi connectivity index (χ1) is 5.41. The monoisotopic (exact) mass is 158 g/mol. The molecule has 11 heavy (non-hydrogen) atoms. The lowest BCUT2D eigenvalue weighted by molar-refractivity contribution is 0.127. The molecule has 1 nitrogen and oxygen atoms in total. The summed E-state index contributed by atoms with van der Waals surface area (Å²) >= 11 is 0. The number of hydrogen-bond donors (Lipinski definition) is 0. The van der Waals surface area contributed by atoms with Gasteiger partial charge in [-0.1, -0.05) is 39.5 Å². The average molecular weight is 158 g/mol. The second kappa shape index (κ2) is 9.96. The quantitative estimate of drug-likeness (QED) is 0.492. The molecule has 0 radical (unpaired) electrons. The zero-order valence-electron chi connectivity index (χ0n) is 8.07. The molecular weight excluding hydrogens is 136 g/mol. The summed E-state index contributed by atoms with van der Waals surface area (Å²) in [5, 5.41) is 0. The lowest BCUT2D eigenvalue weighted by Gasteiger charge is -2.01. The molecule has 0 aliphatic heterocycles. The van der Waals surface area contributed by atoms with Crippen molar-refractivity contribution in [1.29, 1.82) is 0 Å². The van der Waals surface area contributed by atoms with Crippen LogP contribution in [0, 0.1) is 0 Å². The smallest absolute Gasteiger partial charge is 0.0466 e. The van der Waals surface area contributed by atoms with Crippen molar-refractivity contribution in [2.45, 2.75) is 52.4 Å². The van der Waals surface area contributed by atoms with Gasteiger partial charge >= 0.3 is 0 Å². The molecule has 0 atom stereocenters. The Hall–Kier alpha value is -0.0400. The minimum Gasteiger partial charge on any atom is -0.381 e. The third kappa shape index (κ3) is 9.96. The van der Waals surface area contributed by atoms with Crippen LogP contribution in [0.2, 0.25) is 0 Å². The zero-order chi connectivity index (χ0) is 8.36. The van der Waals surface area contributed by atoms with Crippen molar-refractivity contribution in [3.8, 4) is 0 Å². The minimum atomic E-state index is 0.961. The van der Waals surface area contributed by atoms with Gasteiger partial charge < -0.3 is 4.74 Å². The van der Waals surface area contributed by atoms with Gasteiger partial charge in [0.2, 0.25) is 0 Å². The fourth-order valence-electron chi connectivity index (χ4n) is 0.979. The van der Waals surface area contributed by atoms with Crippen molar-refractivity contribution < 1.29 is 4.74 Å². The Morgan fingerprint density at radius 3 is 2.00 bits per heavy atom. The second-order valence-electron chi connectivity index (χ2n) is 3.03. The summed E-state index contributed by atoms with van der Waals surface area (Å²) in [5.41, 5.74) is 0. The molecule has 0 heterocycles. The van der Waals surface area contributed by atoms with Crippen LogP contribution in [-0.2, 0) is 4.74 Å². The highest BCUT2D eigenvalue weighted by molar-refractivity contribution is 4.39. The molecule has 0 rings (SSSR count). The zero-order valence-corrected chi connectivity index (χ0v) is 8.07. The Morgan fingerprint density at radius 1 is 0.727 bits per heavy atom. The summed E-state index contributed by atoms with van der Waals surface area (Å²) < 4.78 is 5.42. The van der Waals surface area contributed by atoms with Gasteiger partial charge in [0.05, 0.1) is 0 Å². The third-order valence-electron chi connectivity index (χ3n) is 1.78. The van der Waals surface area contributed by atoms with Crippen LogP contribution in [0.1, 0.15) is 52.4 Å². The van der Waals surface area contributed by atoms with E-state index in [0.717, 1.165) is 13.2 Å². The Balaban J connectivity index is 2.69. The first-order valence-corrected chi connectivity index (χ1v) is 4.99. The molecule has 0 saturated carbocycles. The highest BCUT2D eigenvalue weighted by Gasteiger charge is 1.88. The predicted molar refractivity (Wildman–Crippen MR) is 49.9 cm³/mol. The average Bonchev–Trinajstić information content (AvgIpc) is 2.03. The first kappa shape index (κ1) is 11.0. The van der Waals surface area contributed by atoms with E-state index in [1.807, 2.05) is 0 Å². The maximum atomic E-state index is 5.42. The van der Waals surface area contributed by atoms with Crippen molar-refractivity contribution in [3.05, 3.63) is 0 Å². The van der Waals surface area contributed by atoms with Gasteiger partial charge in [0.15, 0.2) is 0 Å². The van der Waals surface area contributed by atoms with Crippen LogP contribution in [0.3, 0.4) is 0 Å². The molecule has 1 heteroatoms. The van der Waals surface area contributed by atoms with Crippen LogP contribution in [0.4, 0.5) is 0 Å². The maximum absolute atomic E-state index is 5.42. The van der Waals surface area contributed by atoms with Gasteiger partial charge in [-0.05, 0) is 12.8 Å². The Bertz CT molecular complexity index is 53.9. The minimum absolute atomic E-state index is 0.961. The highest BCUT2D eigenvalue weighted by atomic mass is 16.5. The van der Waals surface area contributed by atoms with E-state index >= 15 is 0 Å². The number of hydrogen-bond acceptors (Lipinski definition) is 1. The Morgan fingerprint density at radius 2 is 1.36 bits per heavy atom. The molecule has 0 saturated heterocycles. The van der Waals surface area contributed by atoms with Gasteiger partial charge in [-0.3, -0.25) is 0 Å². The van der Waals surface area contributed by atoms with Crippen molar-refractivity contribution in [2.75, 3.05) is 13.2 Å². The molecule has 0 aliphatic carbocycles. The van der Waals surface area contributed by atoms with E-state index < -0.39 is 0 Å². The largest absolute Gasteiger partial charge is 0.381 e. The van der Waals surface area contributed by atoms with Crippen LogP contribution >= 0.6 is 0 Å². The molecule has 0 aromatic rings. The number of unbranched alkanes of at least 4 members (excludes halogenated alkanes) is 4. The summed E-state index contributed by atoms with van der Waals surface area (Å²) in [6.07, 6.45) is 7.72. The molecule has 0 spiro atoms. The highest BCUT2D eigenvalue weighted by Crippen LogP contribution is 1.99. The fraction of sp³-hybridized carbons (Fsp3) is 1.00. The van der Waals surface area contributed by atoms with Crippen molar-refractivity contribution in [1.82, 2.24) is 0 Å². The van der Waals surface area contributed by atoms with Gasteiger partial charge in [-0.2, -0.15) is 0 Å². The second-order valence-corrected chi connectivity index (χ2v) is 3.03. The van der Waals surface area contributed by atoms with Crippen LogP contribution in [0.5, 0.6) is 0 Å².